The van der Waals surface area contributed by atoms with E-state index in [4.69, 9.17) is 4.74 Å². The van der Waals surface area contributed by atoms with Crippen LogP contribution in [0, 0.1) is 5.82 Å². The van der Waals surface area contributed by atoms with E-state index < -0.39 is 6.04 Å². The van der Waals surface area contributed by atoms with E-state index in [0.717, 1.165) is 12.8 Å². The number of fused-ring (bicyclic) bond motifs is 1. The van der Waals surface area contributed by atoms with Gasteiger partial charge in [0.05, 0.1) is 12.6 Å². The number of carbonyl (C=O) groups excluding carboxylic acids is 2. The van der Waals surface area contributed by atoms with E-state index in [0.29, 0.717) is 42.9 Å². The third-order valence-corrected chi connectivity index (χ3v) is 5.41. The first-order chi connectivity index (χ1) is 13.6. The second-order valence-electron chi connectivity index (χ2n) is 7.26. The van der Waals surface area contributed by atoms with Crippen molar-refractivity contribution in [1.29, 1.82) is 0 Å². The summed E-state index contributed by atoms with van der Waals surface area (Å²) in [5, 5.41) is 3.03. The highest BCUT2D eigenvalue weighted by atomic mass is 19.1. The fraction of sp³-hybridized carbons (Fsp3) is 0.364. The summed E-state index contributed by atoms with van der Waals surface area (Å²) >= 11 is 0. The summed E-state index contributed by atoms with van der Waals surface area (Å²) in [5.41, 5.74) is 1.23. The molecular formula is C22H23FN2O3. The molecule has 2 atom stereocenters. The smallest absolute Gasteiger partial charge is 0.254 e. The minimum atomic E-state index is -0.513. The number of carbonyl (C=O) groups is 2. The SMILES string of the molecule is O=C(NC1CCOc2ccc(F)cc21)C1CCCCN1C(=O)c1ccccc1. The van der Waals surface area contributed by atoms with Crippen molar-refractivity contribution in [3.05, 3.63) is 65.5 Å². The van der Waals surface area contributed by atoms with Crippen molar-refractivity contribution in [3.63, 3.8) is 0 Å². The normalized spacial score (nSPS) is 21.4. The van der Waals surface area contributed by atoms with Gasteiger partial charge in [-0.1, -0.05) is 18.2 Å². The van der Waals surface area contributed by atoms with Crippen molar-refractivity contribution in [2.75, 3.05) is 13.2 Å². The van der Waals surface area contributed by atoms with Gasteiger partial charge in [0, 0.05) is 24.1 Å². The number of rotatable bonds is 3. The highest BCUT2D eigenvalue weighted by Gasteiger charge is 2.34. The highest BCUT2D eigenvalue weighted by Crippen LogP contribution is 2.33. The molecule has 1 N–H and O–H groups in total. The lowest BCUT2D eigenvalue weighted by molar-refractivity contribution is -0.127. The number of piperidine rings is 1. The zero-order chi connectivity index (χ0) is 19.5. The number of ether oxygens (including phenoxy) is 1. The van der Waals surface area contributed by atoms with Crippen molar-refractivity contribution in [2.45, 2.75) is 37.8 Å². The molecule has 28 heavy (non-hydrogen) atoms. The van der Waals surface area contributed by atoms with E-state index in [1.54, 1.807) is 23.1 Å². The molecule has 2 aliphatic heterocycles. The molecule has 2 aromatic carbocycles. The first-order valence-corrected chi connectivity index (χ1v) is 9.72. The number of nitrogens with zero attached hydrogens (tertiary/aromatic N) is 1. The van der Waals surface area contributed by atoms with Gasteiger partial charge < -0.3 is 15.0 Å². The fourth-order valence-corrected chi connectivity index (χ4v) is 3.98. The Morgan fingerprint density at radius 2 is 1.89 bits per heavy atom. The lowest BCUT2D eigenvalue weighted by Crippen LogP contribution is -2.52. The van der Waals surface area contributed by atoms with Crippen LogP contribution in [-0.4, -0.2) is 35.9 Å². The number of hydrogen-bond donors (Lipinski definition) is 1. The van der Waals surface area contributed by atoms with Crippen LogP contribution < -0.4 is 10.1 Å². The predicted octanol–water partition coefficient (Wildman–Crippen LogP) is 3.46. The topological polar surface area (TPSA) is 58.6 Å². The molecule has 2 unspecified atom stereocenters. The van der Waals surface area contributed by atoms with Crippen LogP contribution in [0.4, 0.5) is 4.39 Å². The third-order valence-electron chi connectivity index (χ3n) is 5.41. The van der Waals surface area contributed by atoms with Crippen LogP contribution >= 0.6 is 0 Å². The predicted molar refractivity (Wildman–Crippen MR) is 103 cm³/mol. The summed E-state index contributed by atoms with van der Waals surface area (Å²) in [6.45, 7) is 1.02. The van der Waals surface area contributed by atoms with Crippen molar-refractivity contribution in [2.24, 2.45) is 0 Å². The summed E-state index contributed by atoms with van der Waals surface area (Å²) in [4.78, 5) is 27.7. The van der Waals surface area contributed by atoms with E-state index >= 15 is 0 Å². The van der Waals surface area contributed by atoms with Crippen LogP contribution in [-0.2, 0) is 4.79 Å². The number of halogens is 1. The molecule has 2 aromatic rings. The second-order valence-corrected chi connectivity index (χ2v) is 7.26. The largest absolute Gasteiger partial charge is 0.493 e. The van der Waals surface area contributed by atoms with Gasteiger partial charge in [0.2, 0.25) is 5.91 Å². The van der Waals surface area contributed by atoms with Crippen molar-refractivity contribution >= 4 is 11.8 Å². The Labute approximate surface area is 163 Å². The summed E-state index contributed by atoms with van der Waals surface area (Å²) in [6.07, 6.45) is 2.98. The maximum atomic E-state index is 13.7. The quantitative estimate of drug-likeness (QED) is 0.884. The Morgan fingerprint density at radius 3 is 2.71 bits per heavy atom. The molecule has 1 saturated heterocycles. The van der Waals surface area contributed by atoms with Crippen LogP contribution in [0.1, 0.15) is 47.6 Å². The summed E-state index contributed by atoms with van der Waals surface area (Å²) in [6, 6.07) is 12.6. The minimum absolute atomic E-state index is 0.126. The molecule has 0 radical (unpaired) electrons. The van der Waals surface area contributed by atoms with Gasteiger partial charge in [0.15, 0.2) is 0 Å². The Morgan fingerprint density at radius 1 is 1.07 bits per heavy atom. The number of amides is 2. The summed E-state index contributed by atoms with van der Waals surface area (Å²) in [7, 11) is 0. The number of nitrogens with one attached hydrogen (secondary N) is 1. The fourth-order valence-electron chi connectivity index (χ4n) is 3.98. The van der Waals surface area contributed by atoms with Gasteiger partial charge in [-0.15, -0.1) is 0 Å². The van der Waals surface area contributed by atoms with Crippen LogP contribution in [0.3, 0.4) is 0 Å². The Kier molecular flexibility index (Phi) is 5.28. The standard InChI is InChI=1S/C22H23FN2O3/c23-16-9-10-20-17(14-16)18(11-13-28-20)24-21(26)19-8-4-5-12-25(19)22(27)15-6-2-1-3-7-15/h1-3,6-7,9-10,14,18-19H,4-5,8,11-13H2,(H,24,26). The van der Waals surface area contributed by atoms with Crippen LogP contribution in [0.5, 0.6) is 5.75 Å². The molecule has 1 fully saturated rings. The molecule has 0 spiro atoms. The summed E-state index contributed by atoms with van der Waals surface area (Å²) < 4.78 is 19.3. The van der Waals surface area contributed by atoms with E-state index in [9.17, 15) is 14.0 Å². The maximum Gasteiger partial charge on any atom is 0.254 e. The van der Waals surface area contributed by atoms with Crippen LogP contribution in [0.25, 0.3) is 0 Å². The Bertz CT molecular complexity index is 871. The van der Waals surface area contributed by atoms with Gasteiger partial charge >= 0.3 is 0 Å². The average molecular weight is 382 g/mol. The van der Waals surface area contributed by atoms with Gasteiger partial charge in [-0.3, -0.25) is 9.59 Å². The van der Waals surface area contributed by atoms with E-state index in [1.165, 1.54) is 12.1 Å². The average Bonchev–Trinajstić information content (AvgIpc) is 2.74. The van der Waals surface area contributed by atoms with Gasteiger partial charge in [0.25, 0.3) is 5.91 Å². The number of hydrogen-bond acceptors (Lipinski definition) is 3. The molecule has 2 amide bonds. The Balaban J connectivity index is 1.52. The van der Waals surface area contributed by atoms with Gasteiger partial charge in [-0.2, -0.15) is 0 Å². The van der Waals surface area contributed by atoms with Crippen molar-refractivity contribution in [1.82, 2.24) is 10.2 Å². The molecule has 0 aromatic heterocycles. The zero-order valence-corrected chi connectivity index (χ0v) is 15.6. The van der Waals surface area contributed by atoms with E-state index in [1.807, 2.05) is 18.2 Å². The van der Waals surface area contributed by atoms with Crippen LogP contribution in [0.2, 0.25) is 0 Å². The molecule has 2 heterocycles. The highest BCUT2D eigenvalue weighted by molar-refractivity contribution is 5.97. The summed E-state index contributed by atoms with van der Waals surface area (Å²) in [5.74, 6) is -0.0779. The lowest BCUT2D eigenvalue weighted by Gasteiger charge is -2.36. The molecule has 146 valence electrons. The first-order valence-electron chi connectivity index (χ1n) is 9.72. The number of likely N-dealkylation sites (tertiary alicyclic amines) is 1. The monoisotopic (exact) mass is 382 g/mol. The van der Waals surface area contributed by atoms with Crippen molar-refractivity contribution in [3.8, 4) is 5.75 Å². The van der Waals surface area contributed by atoms with E-state index in [2.05, 4.69) is 5.32 Å². The molecule has 5 nitrogen and oxygen atoms in total. The van der Waals surface area contributed by atoms with Gasteiger partial charge in [0.1, 0.15) is 17.6 Å². The van der Waals surface area contributed by atoms with Crippen LogP contribution in [0.15, 0.2) is 48.5 Å². The molecule has 2 aliphatic rings. The molecule has 0 aliphatic carbocycles. The number of benzene rings is 2. The zero-order valence-electron chi connectivity index (χ0n) is 15.6. The molecule has 4 rings (SSSR count). The van der Waals surface area contributed by atoms with E-state index in [-0.39, 0.29) is 23.7 Å². The molecule has 6 heteroatoms. The Hall–Kier alpha value is -2.89. The second kappa shape index (κ2) is 8.00. The lowest BCUT2D eigenvalue weighted by atomic mass is 9.97. The third kappa shape index (κ3) is 3.72. The minimum Gasteiger partial charge on any atom is -0.493 e. The maximum absolute atomic E-state index is 13.7. The van der Waals surface area contributed by atoms with Gasteiger partial charge in [-0.25, -0.2) is 4.39 Å². The van der Waals surface area contributed by atoms with Crippen molar-refractivity contribution < 1.29 is 18.7 Å². The molecule has 0 bridgehead atoms. The van der Waals surface area contributed by atoms with Gasteiger partial charge in [-0.05, 0) is 49.6 Å². The molecule has 0 saturated carbocycles. The first kappa shape index (κ1) is 18.5. The molecular weight excluding hydrogens is 359 g/mol.